The van der Waals surface area contributed by atoms with Crippen LogP contribution in [0.1, 0.15) is 11.5 Å². The van der Waals surface area contributed by atoms with E-state index in [4.69, 9.17) is 0 Å². The van der Waals surface area contributed by atoms with Crippen molar-refractivity contribution in [3.63, 3.8) is 0 Å². The van der Waals surface area contributed by atoms with E-state index in [0.29, 0.717) is 0 Å². The molecule has 24 heavy (non-hydrogen) atoms. The smallest absolute Gasteiger partial charge is 0.329 e. The Bertz CT molecular complexity index is 835. The van der Waals surface area contributed by atoms with Gasteiger partial charge in [0.2, 0.25) is 5.82 Å². The third-order valence-corrected chi connectivity index (χ3v) is 4.51. The Hall–Kier alpha value is -2.05. The lowest BCUT2D eigenvalue weighted by atomic mass is 10.1. The van der Waals surface area contributed by atoms with E-state index < -0.39 is 33.9 Å². The highest BCUT2D eigenvalue weighted by Crippen LogP contribution is 2.29. The van der Waals surface area contributed by atoms with Crippen molar-refractivity contribution in [1.82, 2.24) is 19.2 Å². The summed E-state index contributed by atoms with van der Waals surface area (Å²) < 4.78 is 81.4. The fourth-order valence-electron chi connectivity index (χ4n) is 1.75. The van der Waals surface area contributed by atoms with Crippen molar-refractivity contribution in [2.45, 2.75) is 12.7 Å². The SMILES string of the molecule is CNS(=O)(=O)N(C)Cc1ccc(-c2noc(C(F)(F)F)n2)cc1F. The number of nitrogens with one attached hydrogen (secondary N) is 1. The maximum absolute atomic E-state index is 14.1. The van der Waals surface area contributed by atoms with Gasteiger partial charge >= 0.3 is 12.1 Å². The molecule has 0 aliphatic heterocycles. The van der Waals surface area contributed by atoms with Gasteiger partial charge in [-0.3, -0.25) is 0 Å². The Balaban J connectivity index is 2.26. The summed E-state index contributed by atoms with van der Waals surface area (Å²) in [7, 11) is -1.28. The Labute approximate surface area is 134 Å². The van der Waals surface area contributed by atoms with Crippen LogP contribution in [0.2, 0.25) is 0 Å². The van der Waals surface area contributed by atoms with Crippen molar-refractivity contribution in [2.24, 2.45) is 0 Å². The molecule has 1 N–H and O–H groups in total. The molecule has 0 unspecified atom stereocenters. The second-order valence-electron chi connectivity index (χ2n) is 4.69. The van der Waals surface area contributed by atoms with E-state index >= 15 is 0 Å². The Morgan fingerprint density at radius 1 is 1.33 bits per heavy atom. The molecule has 132 valence electrons. The first-order chi connectivity index (χ1) is 11.0. The van der Waals surface area contributed by atoms with E-state index in [9.17, 15) is 26.0 Å². The molecule has 2 aromatic rings. The van der Waals surface area contributed by atoms with Crippen LogP contribution in [0, 0.1) is 5.82 Å². The zero-order valence-electron chi connectivity index (χ0n) is 12.4. The number of nitrogens with zero attached hydrogens (tertiary/aromatic N) is 3. The molecule has 0 saturated heterocycles. The zero-order chi connectivity index (χ0) is 18.1. The van der Waals surface area contributed by atoms with Gasteiger partial charge in [-0.15, -0.1) is 0 Å². The fraction of sp³-hybridized carbons (Fsp3) is 0.333. The van der Waals surface area contributed by atoms with Crippen molar-refractivity contribution in [3.05, 3.63) is 35.5 Å². The molecule has 7 nitrogen and oxygen atoms in total. The van der Waals surface area contributed by atoms with Gasteiger partial charge in [0.05, 0.1) is 0 Å². The van der Waals surface area contributed by atoms with E-state index in [1.165, 1.54) is 26.2 Å². The van der Waals surface area contributed by atoms with E-state index in [1.807, 2.05) is 0 Å². The van der Waals surface area contributed by atoms with Gasteiger partial charge < -0.3 is 4.52 Å². The molecule has 1 aromatic heterocycles. The second kappa shape index (κ2) is 6.45. The predicted octanol–water partition coefficient (Wildman–Crippen LogP) is 1.79. The van der Waals surface area contributed by atoms with Gasteiger partial charge in [-0.25, -0.2) is 9.11 Å². The largest absolute Gasteiger partial charge is 0.471 e. The topological polar surface area (TPSA) is 88.3 Å². The lowest BCUT2D eigenvalue weighted by Gasteiger charge is -2.16. The minimum Gasteiger partial charge on any atom is -0.329 e. The zero-order valence-corrected chi connectivity index (χ0v) is 13.2. The summed E-state index contributed by atoms with van der Waals surface area (Å²) in [4.78, 5) is 3.15. The summed E-state index contributed by atoms with van der Waals surface area (Å²) in [5, 5.41) is 3.15. The average Bonchev–Trinajstić information content (AvgIpc) is 2.99. The molecule has 0 radical (unpaired) electrons. The lowest BCUT2D eigenvalue weighted by molar-refractivity contribution is -0.159. The molecule has 0 aliphatic carbocycles. The Kier molecular flexibility index (Phi) is 4.92. The van der Waals surface area contributed by atoms with E-state index in [1.54, 1.807) is 0 Å². The maximum Gasteiger partial charge on any atom is 0.471 e. The number of hydrogen-bond acceptors (Lipinski definition) is 5. The quantitative estimate of drug-likeness (QED) is 0.813. The molecule has 0 atom stereocenters. The maximum atomic E-state index is 14.1. The Morgan fingerprint density at radius 3 is 2.50 bits per heavy atom. The first kappa shape index (κ1) is 18.3. The van der Waals surface area contributed by atoms with Gasteiger partial charge in [0.15, 0.2) is 0 Å². The molecule has 2 rings (SSSR count). The molecule has 1 aromatic carbocycles. The number of rotatable bonds is 5. The number of benzene rings is 1. The number of aromatic nitrogens is 2. The van der Waals surface area contributed by atoms with Crippen LogP contribution in [-0.2, 0) is 22.9 Å². The van der Waals surface area contributed by atoms with Gasteiger partial charge in [0, 0.05) is 31.8 Å². The van der Waals surface area contributed by atoms with E-state index in [0.717, 1.165) is 10.4 Å². The third-order valence-electron chi connectivity index (χ3n) is 3.04. The first-order valence-corrected chi connectivity index (χ1v) is 7.83. The van der Waals surface area contributed by atoms with Gasteiger partial charge in [-0.05, 0) is 6.07 Å². The molecule has 0 saturated carbocycles. The van der Waals surface area contributed by atoms with Crippen LogP contribution < -0.4 is 4.72 Å². The molecule has 0 fully saturated rings. The fourth-order valence-corrected chi connectivity index (χ4v) is 2.37. The highest BCUT2D eigenvalue weighted by molar-refractivity contribution is 7.87. The molecule has 0 amide bonds. The normalized spacial score (nSPS) is 12.8. The van der Waals surface area contributed by atoms with Crippen LogP contribution in [-0.4, -0.2) is 37.0 Å². The monoisotopic (exact) mass is 368 g/mol. The summed E-state index contributed by atoms with van der Waals surface area (Å²) in [6, 6.07) is 3.40. The van der Waals surface area contributed by atoms with Gasteiger partial charge in [0.1, 0.15) is 5.82 Å². The minimum atomic E-state index is -4.80. The van der Waals surface area contributed by atoms with E-state index in [2.05, 4.69) is 19.4 Å². The van der Waals surface area contributed by atoms with Gasteiger partial charge in [-0.1, -0.05) is 17.3 Å². The highest BCUT2D eigenvalue weighted by atomic mass is 32.2. The third kappa shape index (κ3) is 3.88. The van der Waals surface area contributed by atoms with Gasteiger partial charge in [0.25, 0.3) is 10.2 Å². The summed E-state index contributed by atoms with van der Waals surface area (Å²) in [6.45, 7) is -0.269. The van der Waals surface area contributed by atoms with Gasteiger partial charge in [-0.2, -0.15) is 30.9 Å². The molecule has 0 bridgehead atoms. The van der Waals surface area contributed by atoms with Crippen LogP contribution in [0.25, 0.3) is 11.4 Å². The summed E-state index contributed by atoms with van der Waals surface area (Å²) in [5.74, 6) is -2.78. The first-order valence-electron chi connectivity index (χ1n) is 6.39. The molecule has 0 aliphatic rings. The standard InChI is InChI=1S/C12H12F4N4O3S/c1-17-24(21,22)20(2)6-8-4-3-7(5-9(8)13)10-18-11(23-19-10)12(14,15)16/h3-5,17H,6H2,1-2H3. The van der Waals surface area contributed by atoms with Crippen LogP contribution in [0.4, 0.5) is 17.6 Å². The minimum absolute atomic E-state index is 0.0274. The number of halogens is 4. The van der Waals surface area contributed by atoms with Crippen LogP contribution in [0.3, 0.4) is 0 Å². The van der Waals surface area contributed by atoms with Crippen molar-refractivity contribution in [3.8, 4) is 11.4 Å². The van der Waals surface area contributed by atoms with E-state index in [-0.39, 0.29) is 17.7 Å². The van der Waals surface area contributed by atoms with Crippen LogP contribution in [0.5, 0.6) is 0 Å². The van der Waals surface area contributed by atoms with Crippen molar-refractivity contribution < 1.29 is 30.5 Å². The molecular weight excluding hydrogens is 356 g/mol. The van der Waals surface area contributed by atoms with Crippen LogP contribution in [0.15, 0.2) is 22.7 Å². The summed E-state index contributed by atoms with van der Waals surface area (Å²) in [5.41, 5.74) is -0.00533. The lowest BCUT2D eigenvalue weighted by Crippen LogP contribution is -2.35. The summed E-state index contributed by atoms with van der Waals surface area (Å²) in [6.07, 6.45) is -4.80. The van der Waals surface area contributed by atoms with Crippen LogP contribution >= 0.6 is 0 Å². The summed E-state index contributed by atoms with van der Waals surface area (Å²) >= 11 is 0. The molecule has 0 spiro atoms. The Morgan fingerprint density at radius 2 is 2.00 bits per heavy atom. The average molecular weight is 368 g/mol. The van der Waals surface area contributed by atoms with Crippen molar-refractivity contribution in [1.29, 1.82) is 0 Å². The predicted molar refractivity (Wildman–Crippen MR) is 74.1 cm³/mol. The highest BCUT2D eigenvalue weighted by Gasteiger charge is 2.38. The molecule has 1 heterocycles. The molecular formula is C12H12F4N4O3S. The molecule has 12 heteroatoms. The number of alkyl halides is 3. The second-order valence-corrected chi connectivity index (χ2v) is 6.67. The van der Waals surface area contributed by atoms with Crippen molar-refractivity contribution >= 4 is 10.2 Å². The van der Waals surface area contributed by atoms with Crippen molar-refractivity contribution in [2.75, 3.05) is 14.1 Å². The number of hydrogen-bond donors (Lipinski definition) is 1.